The number of nitrogens with one attached hydrogen (secondary N) is 2. The molecule has 0 aromatic heterocycles. The van der Waals surface area contributed by atoms with Crippen molar-refractivity contribution in [1.82, 2.24) is 10.6 Å². The second kappa shape index (κ2) is 9.23. The summed E-state index contributed by atoms with van der Waals surface area (Å²) in [7, 11) is 0. The molecule has 0 spiro atoms. The first-order valence-corrected chi connectivity index (χ1v) is 9.62. The zero-order valence-electron chi connectivity index (χ0n) is 16.2. The minimum absolute atomic E-state index is 0.00857. The van der Waals surface area contributed by atoms with E-state index in [1.807, 2.05) is 48.5 Å². The zero-order chi connectivity index (χ0) is 20.8. The van der Waals surface area contributed by atoms with Crippen molar-refractivity contribution in [3.63, 3.8) is 0 Å². The molecule has 1 aliphatic rings. The van der Waals surface area contributed by atoms with Crippen molar-refractivity contribution in [1.29, 1.82) is 0 Å². The van der Waals surface area contributed by atoms with Crippen LogP contribution in [0.2, 0.25) is 0 Å². The average molecular weight is 396 g/mol. The van der Waals surface area contributed by atoms with Crippen LogP contribution in [0.25, 0.3) is 11.1 Å². The van der Waals surface area contributed by atoms with Crippen LogP contribution in [0.3, 0.4) is 0 Å². The highest BCUT2D eigenvalue weighted by Crippen LogP contribution is 2.44. The number of alkyl carbamates (subject to hydrolysis) is 1. The fourth-order valence-electron chi connectivity index (χ4n) is 3.62. The Hall–Kier alpha value is -3.35. The van der Waals surface area contributed by atoms with Gasteiger partial charge >= 0.3 is 12.1 Å². The fourth-order valence-corrected chi connectivity index (χ4v) is 3.62. The Kier molecular flexibility index (Phi) is 6.49. The van der Waals surface area contributed by atoms with E-state index in [9.17, 15) is 14.4 Å². The molecule has 2 amide bonds. The van der Waals surface area contributed by atoms with Crippen molar-refractivity contribution in [3.05, 3.63) is 59.7 Å². The van der Waals surface area contributed by atoms with E-state index in [1.54, 1.807) is 6.92 Å². The van der Waals surface area contributed by atoms with Gasteiger partial charge in [-0.25, -0.2) is 4.79 Å². The number of ether oxygens (including phenoxy) is 1. The molecule has 0 heterocycles. The van der Waals surface area contributed by atoms with Gasteiger partial charge in [0, 0.05) is 18.9 Å². The van der Waals surface area contributed by atoms with E-state index in [0.29, 0.717) is 6.54 Å². The van der Waals surface area contributed by atoms with Crippen LogP contribution >= 0.6 is 0 Å². The lowest BCUT2D eigenvalue weighted by molar-refractivity contribution is -0.137. The Morgan fingerprint density at radius 3 is 2.17 bits per heavy atom. The molecule has 1 atom stereocenters. The molecule has 7 nitrogen and oxygen atoms in total. The lowest BCUT2D eigenvalue weighted by Crippen LogP contribution is -2.47. The van der Waals surface area contributed by atoms with Crippen molar-refractivity contribution in [2.75, 3.05) is 13.2 Å². The van der Waals surface area contributed by atoms with Gasteiger partial charge in [0.15, 0.2) is 0 Å². The third kappa shape index (κ3) is 4.74. The molecule has 3 rings (SSSR count). The maximum atomic E-state index is 12.3. The van der Waals surface area contributed by atoms with E-state index in [2.05, 4.69) is 10.6 Å². The van der Waals surface area contributed by atoms with E-state index in [1.165, 1.54) is 0 Å². The maximum Gasteiger partial charge on any atom is 0.407 e. The minimum atomic E-state index is -1.03. The van der Waals surface area contributed by atoms with Crippen LogP contribution in [-0.2, 0) is 14.3 Å². The number of carbonyl (C=O) groups is 3. The van der Waals surface area contributed by atoms with Gasteiger partial charge in [-0.15, -0.1) is 0 Å². The Labute approximate surface area is 169 Å². The third-order valence-corrected chi connectivity index (χ3v) is 4.95. The number of hydrogen-bond donors (Lipinski definition) is 3. The van der Waals surface area contributed by atoms with Crippen LogP contribution in [0.15, 0.2) is 48.5 Å². The summed E-state index contributed by atoms with van der Waals surface area (Å²) in [4.78, 5) is 35.3. The molecule has 0 saturated heterocycles. The van der Waals surface area contributed by atoms with Crippen LogP contribution in [0.5, 0.6) is 0 Å². The summed E-state index contributed by atoms with van der Waals surface area (Å²) in [5, 5.41) is 14.0. The van der Waals surface area contributed by atoms with E-state index in [0.717, 1.165) is 22.3 Å². The predicted octanol–water partition coefficient (Wildman–Crippen LogP) is 2.89. The summed E-state index contributed by atoms with van der Waals surface area (Å²) in [6, 6.07) is 15.0. The molecular formula is C22H24N2O5. The van der Waals surface area contributed by atoms with E-state index < -0.39 is 24.0 Å². The number of likely N-dealkylation sites (N-methyl/N-ethyl adjacent to an activating group) is 1. The van der Waals surface area contributed by atoms with Crippen molar-refractivity contribution in [2.45, 2.75) is 31.7 Å². The summed E-state index contributed by atoms with van der Waals surface area (Å²) in [6.07, 6.45) is -0.981. The molecule has 0 bridgehead atoms. The van der Waals surface area contributed by atoms with Gasteiger partial charge in [0.2, 0.25) is 5.91 Å². The number of amides is 2. The first kappa shape index (κ1) is 20.4. The zero-order valence-corrected chi connectivity index (χ0v) is 16.2. The molecule has 0 fully saturated rings. The Bertz CT molecular complexity index is 866. The molecule has 0 aliphatic heterocycles. The topological polar surface area (TPSA) is 105 Å². The Morgan fingerprint density at radius 1 is 1.03 bits per heavy atom. The third-order valence-electron chi connectivity index (χ3n) is 4.95. The number of carboxylic acid groups (broad SMARTS) is 1. The molecule has 7 heteroatoms. The molecule has 2 aromatic carbocycles. The van der Waals surface area contributed by atoms with Gasteiger partial charge in [-0.3, -0.25) is 9.59 Å². The SMILES string of the molecule is CCNC(=O)C(CCC(=O)O)NC(=O)OCC1c2ccccc2-c2ccccc21. The van der Waals surface area contributed by atoms with Crippen LogP contribution < -0.4 is 10.6 Å². The first-order chi connectivity index (χ1) is 14.0. The lowest BCUT2D eigenvalue weighted by Gasteiger charge is -2.19. The van der Waals surface area contributed by atoms with Crippen molar-refractivity contribution in [2.24, 2.45) is 0 Å². The van der Waals surface area contributed by atoms with Crippen LogP contribution in [0.4, 0.5) is 4.79 Å². The first-order valence-electron chi connectivity index (χ1n) is 9.62. The number of carboxylic acids is 1. The number of aliphatic carboxylic acids is 1. The monoisotopic (exact) mass is 396 g/mol. The largest absolute Gasteiger partial charge is 0.481 e. The summed E-state index contributed by atoms with van der Waals surface area (Å²) >= 11 is 0. The van der Waals surface area contributed by atoms with Gasteiger partial charge < -0.3 is 20.5 Å². The minimum Gasteiger partial charge on any atom is -0.481 e. The summed E-state index contributed by atoms with van der Waals surface area (Å²) < 4.78 is 5.43. The summed E-state index contributed by atoms with van der Waals surface area (Å²) in [6.45, 7) is 2.26. The molecule has 0 radical (unpaired) electrons. The second-order valence-electron chi connectivity index (χ2n) is 6.85. The predicted molar refractivity (Wildman–Crippen MR) is 108 cm³/mol. The number of rotatable bonds is 8. The van der Waals surface area contributed by atoms with Crippen LogP contribution in [0.1, 0.15) is 36.8 Å². The molecule has 3 N–H and O–H groups in total. The number of fused-ring (bicyclic) bond motifs is 3. The highest BCUT2D eigenvalue weighted by Gasteiger charge is 2.29. The van der Waals surface area contributed by atoms with Crippen molar-refractivity contribution < 1.29 is 24.2 Å². The normalized spacial score (nSPS) is 13.1. The molecule has 2 aromatic rings. The van der Waals surface area contributed by atoms with Gasteiger partial charge in [-0.1, -0.05) is 48.5 Å². The lowest BCUT2D eigenvalue weighted by atomic mass is 9.98. The highest BCUT2D eigenvalue weighted by molar-refractivity contribution is 5.86. The summed E-state index contributed by atoms with van der Waals surface area (Å²) in [5.74, 6) is -1.55. The standard InChI is InChI=1S/C22H24N2O5/c1-2-23-21(27)19(11-12-20(25)26)24-22(28)29-13-18-16-9-5-3-7-14(16)15-8-4-6-10-17(15)18/h3-10,18-19H,2,11-13H2,1H3,(H,23,27)(H,24,28)(H,25,26). The average Bonchev–Trinajstić information content (AvgIpc) is 3.03. The van der Waals surface area contributed by atoms with Gasteiger partial charge in [0.25, 0.3) is 0 Å². The Balaban J connectivity index is 1.66. The molecule has 29 heavy (non-hydrogen) atoms. The van der Waals surface area contributed by atoms with Gasteiger partial charge in [0.05, 0.1) is 0 Å². The van der Waals surface area contributed by atoms with E-state index in [-0.39, 0.29) is 25.4 Å². The summed E-state index contributed by atoms with van der Waals surface area (Å²) in [5.41, 5.74) is 4.43. The van der Waals surface area contributed by atoms with Crippen LogP contribution in [-0.4, -0.2) is 42.3 Å². The van der Waals surface area contributed by atoms with Crippen molar-refractivity contribution in [3.8, 4) is 11.1 Å². The highest BCUT2D eigenvalue weighted by atomic mass is 16.5. The quantitative estimate of drug-likeness (QED) is 0.636. The van der Waals surface area contributed by atoms with Gasteiger partial charge in [-0.05, 0) is 35.6 Å². The maximum absolute atomic E-state index is 12.3. The van der Waals surface area contributed by atoms with Crippen LogP contribution in [0, 0.1) is 0 Å². The Morgan fingerprint density at radius 2 is 1.62 bits per heavy atom. The molecular weight excluding hydrogens is 372 g/mol. The van der Waals surface area contributed by atoms with Crippen molar-refractivity contribution >= 4 is 18.0 Å². The molecule has 1 aliphatic carbocycles. The molecule has 1 unspecified atom stereocenters. The number of benzene rings is 2. The van der Waals surface area contributed by atoms with E-state index in [4.69, 9.17) is 9.84 Å². The smallest absolute Gasteiger partial charge is 0.407 e. The molecule has 0 saturated carbocycles. The second-order valence-corrected chi connectivity index (χ2v) is 6.85. The fraction of sp³-hybridized carbons (Fsp3) is 0.318. The number of hydrogen-bond acceptors (Lipinski definition) is 4. The van der Waals surface area contributed by atoms with Gasteiger partial charge in [0.1, 0.15) is 12.6 Å². The number of carbonyl (C=O) groups excluding carboxylic acids is 2. The van der Waals surface area contributed by atoms with E-state index >= 15 is 0 Å². The molecule has 152 valence electrons. The van der Waals surface area contributed by atoms with Gasteiger partial charge in [-0.2, -0.15) is 0 Å².